The van der Waals surface area contributed by atoms with Crippen LogP contribution in [0.2, 0.25) is 0 Å². The SMILES string of the molecule is CNC(c1ccccc1)C(C)Sc1ccc([N+](=O)[O-])cc1. The van der Waals surface area contributed by atoms with Crippen molar-refractivity contribution >= 4 is 17.4 Å². The van der Waals surface area contributed by atoms with Gasteiger partial charge in [-0.15, -0.1) is 11.8 Å². The molecule has 0 saturated carbocycles. The number of non-ortho nitro benzene ring substituents is 1. The number of rotatable bonds is 6. The smallest absolute Gasteiger partial charge is 0.269 e. The van der Waals surface area contributed by atoms with Crippen LogP contribution >= 0.6 is 11.8 Å². The van der Waals surface area contributed by atoms with Crippen molar-refractivity contribution in [3.05, 3.63) is 70.3 Å². The number of benzene rings is 2. The molecule has 0 saturated heterocycles. The topological polar surface area (TPSA) is 55.2 Å². The number of hydrogen-bond acceptors (Lipinski definition) is 4. The van der Waals surface area contributed by atoms with Gasteiger partial charge in [0.2, 0.25) is 0 Å². The summed E-state index contributed by atoms with van der Waals surface area (Å²) in [5, 5.41) is 14.3. The van der Waals surface area contributed by atoms with Gasteiger partial charge in [-0.2, -0.15) is 0 Å². The molecule has 4 nitrogen and oxygen atoms in total. The van der Waals surface area contributed by atoms with Gasteiger partial charge in [-0.25, -0.2) is 0 Å². The zero-order valence-electron chi connectivity index (χ0n) is 12.0. The van der Waals surface area contributed by atoms with Crippen molar-refractivity contribution in [2.75, 3.05) is 7.05 Å². The number of nitro benzene ring substituents is 1. The first-order valence-electron chi connectivity index (χ1n) is 6.75. The fourth-order valence-electron chi connectivity index (χ4n) is 2.26. The van der Waals surface area contributed by atoms with Gasteiger partial charge in [0.1, 0.15) is 0 Å². The molecule has 0 aliphatic carbocycles. The van der Waals surface area contributed by atoms with Gasteiger partial charge in [-0.05, 0) is 24.7 Å². The maximum Gasteiger partial charge on any atom is 0.269 e. The summed E-state index contributed by atoms with van der Waals surface area (Å²) in [4.78, 5) is 11.3. The summed E-state index contributed by atoms with van der Waals surface area (Å²) < 4.78 is 0. The van der Waals surface area contributed by atoms with Gasteiger partial charge in [0.05, 0.1) is 4.92 Å². The highest BCUT2D eigenvalue weighted by atomic mass is 32.2. The van der Waals surface area contributed by atoms with Crippen LogP contribution in [0.3, 0.4) is 0 Å². The summed E-state index contributed by atoms with van der Waals surface area (Å²) in [6.45, 7) is 2.15. The molecule has 0 aliphatic heterocycles. The van der Waals surface area contributed by atoms with E-state index >= 15 is 0 Å². The standard InChI is InChI=1S/C16H18N2O2S/c1-12(16(17-2)13-6-4-3-5-7-13)21-15-10-8-14(9-11-15)18(19)20/h3-12,16-17H,1-2H3. The molecule has 0 heterocycles. The third kappa shape index (κ3) is 4.06. The van der Waals surface area contributed by atoms with Crippen LogP contribution in [0.25, 0.3) is 0 Å². The summed E-state index contributed by atoms with van der Waals surface area (Å²) in [6, 6.07) is 17.2. The highest BCUT2D eigenvalue weighted by Crippen LogP contribution is 2.32. The molecule has 2 aromatic carbocycles. The van der Waals surface area contributed by atoms with E-state index in [2.05, 4.69) is 24.4 Å². The number of nitro groups is 1. The van der Waals surface area contributed by atoms with E-state index in [1.54, 1.807) is 36.0 Å². The molecule has 2 atom stereocenters. The Balaban J connectivity index is 2.09. The van der Waals surface area contributed by atoms with Crippen LogP contribution in [0.5, 0.6) is 0 Å². The Morgan fingerprint density at radius 2 is 1.71 bits per heavy atom. The Morgan fingerprint density at radius 1 is 1.10 bits per heavy atom. The second kappa shape index (κ2) is 7.24. The van der Waals surface area contributed by atoms with Crippen LogP contribution in [0.1, 0.15) is 18.5 Å². The quantitative estimate of drug-likeness (QED) is 0.497. The highest BCUT2D eigenvalue weighted by Gasteiger charge is 2.18. The minimum absolute atomic E-state index is 0.125. The minimum Gasteiger partial charge on any atom is -0.312 e. The third-order valence-corrected chi connectivity index (χ3v) is 4.50. The molecule has 2 rings (SSSR count). The lowest BCUT2D eigenvalue weighted by molar-refractivity contribution is -0.384. The Kier molecular flexibility index (Phi) is 5.36. The van der Waals surface area contributed by atoms with E-state index in [9.17, 15) is 10.1 Å². The van der Waals surface area contributed by atoms with Gasteiger partial charge < -0.3 is 5.32 Å². The highest BCUT2D eigenvalue weighted by molar-refractivity contribution is 8.00. The average molecular weight is 302 g/mol. The molecule has 2 unspecified atom stereocenters. The zero-order valence-corrected chi connectivity index (χ0v) is 12.8. The number of nitrogens with zero attached hydrogens (tertiary/aromatic N) is 1. The molecule has 110 valence electrons. The lowest BCUT2D eigenvalue weighted by Gasteiger charge is -2.23. The van der Waals surface area contributed by atoms with Crippen molar-refractivity contribution in [2.45, 2.75) is 23.1 Å². The predicted molar refractivity (Wildman–Crippen MR) is 86.7 cm³/mol. The molecule has 0 aliphatic rings. The molecule has 0 radical (unpaired) electrons. The van der Waals surface area contributed by atoms with Crippen LogP contribution in [0.15, 0.2) is 59.5 Å². The van der Waals surface area contributed by atoms with E-state index in [0.717, 1.165) is 4.90 Å². The zero-order chi connectivity index (χ0) is 15.2. The lowest BCUT2D eigenvalue weighted by atomic mass is 10.0. The van der Waals surface area contributed by atoms with E-state index in [1.165, 1.54) is 5.56 Å². The molecule has 0 aromatic heterocycles. The number of thioether (sulfide) groups is 1. The normalized spacial score (nSPS) is 13.6. The predicted octanol–water partition coefficient (Wildman–Crippen LogP) is 4.04. The Labute approximate surface area is 128 Å². The van der Waals surface area contributed by atoms with Crippen LogP contribution in [0, 0.1) is 10.1 Å². The van der Waals surface area contributed by atoms with E-state index in [0.29, 0.717) is 5.25 Å². The first kappa shape index (κ1) is 15.5. The Morgan fingerprint density at radius 3 is 2.24 bits per heavy atom. The van der Waals surface area contributed by atoms with Crippen molar-refractivity contribution < 1.29 is 4.92 Å². The molecule has 0 amide bonds. The lowest BCUT2D eigenvalue weighted by Crippen LogP contribution is -2.25. The molecular formula is C16H18N2O2S. The molecule has 21 heavy (non-hydrogen) atoms. The summed E-state index contributed by atoms with van der Waals surface area (Å²) in [7, 11) is 1.95. The summed E-state index contributed by atoms with van der Waals surface area (Å²) in [5.41, 5.74) is 1.36. The fraction of sp³-hybridized carbons (Fsp3) is 0.250. The molecule has 0 bridgehead atoms. The summed E-state index contributed by atoms with van der Waals surface area (Å²) >= 11 is 1.71. The molecule has 1 N–H and O–H groups in total. The van der Waals surface area contributed by atoms with Crippen molar-refractivity contribution in [3.8, 4) is 0 Å². The molecular weight excluding hydrogens is 284 g/mol. The molecule has 2 aromatic rings. The van der Waals surface area contributed by atoms with Gasteiger partial charge >= 0.3 is 0 Å². The number of nitrogens with one attached hydrogen (secondary N) is 1. The van der Waals surface area contributed by atoms with Crippen molar-refractivity contribution in [1.29, 1.82) is 0 Å². The molecule has 0 spiro atoms. The van der Waals surface area contributed by atoms with Gasteiger partial charge in [-0.1, -0.05) is 37.3 Å². The largest absolute Gasteiger partial charge is 0.312 e. The maximum absolute atomic E-state index is 10.7. The van der Waals surface area contributed by atoms with Gasteiger partial charge in [0.15, 0.2) is 0 Å². The van der Waals surface area contributed by atoms with Gasteiger partial charge in [0.25, 0.3) is 5.69 Å². The van der Waals surface area contributed by atoms with Crippen LogP contribution in [-0.4, -0.2) is 17.2 Å². The van der Waals surface area contributed by atoms with E-state index in [1.807, 2.05) is 25.2 Å². The first-order valence-corrected chi connectivity index (χ1v) is 7.63. The maximum atomic E-state index is 10.7. The Bertz CT molecular complexity index is 587. The third-order valence-electron chi connectivity index (χ3n) is 3.31. The molecule has 0 fully saturated rings. The fourth-order valence-corrected chi connectivity index (χ4v) is 3.41. The second-order valence-corrected chi connectivity index (χ2v) is 6.20. The second-order valence-electron chi connectivity index (χ2n) is 4.75. The summed E-state index contributed by atoms with van der Waals surface area (Å²) in [6.07, 6.45) is 0. The monoisotopic (exact) mass is 302 g/mol. The van der Waals surface area contributed by atoms with Crippen LogP contribution in [0.4, 0.5) is 5.69 Å². The Hall–Kier alpha value is -1.85. The molecule has 5 heteroatoms. The minimum atomic E-state index is -0.377. The summed E-state index contributed by atoms with van der Waals surface area (Å²) in [5.74, 6) is 0. The van der Waals surface area contributed by atoms with Gasteiger partial charge in [-0.3, -0.25) is 10.1 Å². The average Bonchev–Trinajstić information content (AvgIpc) is 2.49. The van der Waals surface area contributed by atoms with E-state index in [4.69, 9.17) is 0 Å². The van der Waals surface area contributed by atoms with Gasteiger partial charge in [0, 0.05) is 28.3 Å². The first-order chi connectivity index (χ1) is 10.1. The van der Waals surface area contributed by atoms with Crippen molar-refractivity contribution in [3.63, 3.8) is 0 Å². The number of hydrogen-bond donors (Lipinski definition) is 1. The van der Waals surface area contributed by atoms with Crippen molar-refractivity contribution in [1.82, 2.24) is 5.32 Å². The van der Waals surface area contributed by atoms with E-state index in [-0.39, 0.29) is 16.7 Å². The van der Waals surface area contributed by atoms with E-state index < -0.39 is 0 Å². The van der Waals surface area contributed by atoms with Crippen LogP contribution < -0.4 is 5.32 Å². The van der Waals surface area contributed by atoms with Crippen LogP contribution in [-0.2, 0) is 0 Å². The van der Waals surface area contributed by atoms with Crippen molar-refractivity contribution in [2.24, 2.45) is 0 Å².